The van der Waals surface area contributed by atoms with Gasteiger partial charge in [0.1, 0.15) is 0 Å². The van der Waals surface area contributed by atoms with Gasteiger partial charge in [-0.2, -0.15) is 0 Å². The van der Waals surface area contributed by atoms with Crippen LogP contribution in [0.25, 0.3) is 0 Å². The third-order valence-electron chi connectivity index (χ3n) is 4.36. The first kappa shape index (κ1) is 15.0. The molecule has 1 fully saturated rings. The molecule has 1 unspecified atom stereocenters. The molecule has 1 N–H and O–H groups in total. The number of likely N-dealkylation sites (tertiary alicyclic amines) is 1. The van der Waals surface area contributed by atoms with Crippen LogP contribution < -0.4 is 5.32 Å². The van der Waals surface area contributed by atoms with Crippen LogP contribution in [0.3, 0.4) is 0 Å². The Morgan fingerprint density at radius 2 is 1.88 bits per heavy atom. The zero-order valence-corrected chi connectivity index (χ0v) is 12.2. The van der Waals surface area contributed by atoms with Crippen molar-refractivity contribution in [2.75, 3.05) is 26.2 Å². The average molecular weight is 240 g/mol. The maximum Gasteiger partial charge on any atom is 0.0107 e. The summed E-state index contributed by atoms with van der Waals surface area (Å²) >= 11 is 0. The smallest absolute Gasteiger partial charge is 0.0107 e. The molecule has 1 heterocycles. The summed E-state index contributed by atoms with van der Waals surface area (Å²) in [7, 11) is 0. The minimum Gasteiger partial charge on any atom is -0.313 e. The van der Waals surface area contributed by atoms with Crippen LogP contribution in [0.4, 0.5) is 0 Å². The predicted octanol–water partition coefficient (Wildman–Crippen LogP) is 3.28. The molecule has 0 aromatic rings. The molecule has 0 saturated carbocycles. The van der Waals surface area contributed by atoms with Crippen LogP contribution in [0.2, 0.25) is 0 Å². The Labute approximate surface area is 108 Å². The lowest BCUT2D eigenvalue weighted by atomic mass is 9.98. The van der Waals surface area contributed by atoms with Gasteiger partial charge in [-0.25, -0.2) is 0 Å². The summed E-state index contributed by atoms with van der Waals surface area (Å²) in [6, 6.07) is 0.727. The number of nitrogens with zero attached hydrogens (tertiary/aromatic N) is 1. The normalized spacial score (nSPS) is 22.9. The topological polar surface area (TPSA) is 15.3 Å². The van der Waals surface area contributed by atoms with Gasteiger partial charge in [-0.15, -0.1) is 0 Å². The Kier molecular flexibility index (Phi) is 7.87. The van der Waals surface area contributed by atoms with Crippen LogP contribution in [0, 0.1) is 5.92 Å². The monoisotopic (exact) mass is 240 g/mol. The quantitative estimate of drug-likeness (QED) is 0.735. The zero-order chi connectivity index (χ0) is 12.5. The fraction of sp³-hybridized carbons (Fsp3) is 1.00. The second-order valence-electron chi connectivity index (χ2n) is 5.51. The Morgan fingerprint density at radius 1 is 1.12 bits per heavy atom. The average Bonchev–Trinajstić information content (AvgIpc) is 2.60. The van der Waals surface area contributed by atoms with Crippen LogP contribution in [0.5, 0.6) is 0 Å². The van der Waals surface area contributed by atoms with Crippen molar-refractivity contribution in [1.82, 2.24) is 10.2 Å². The largest absolute Gasteiger partial charge is 0.313 e. The van der Waals surface area contributed by atoms with Crippen LogP contribution in [-0.2, 0) is 0 Å². The second kappa shape index (κ2) is 8.93. The molecule has 1 saturated heterocycles. The van der Waals surface area contributed by atoms with E-state index in [9.17, 15) is 0 Å². The Balaban J connectivity index is 2.14. The van der Waals surface area contributed by atoms with E-state index in [4.69, 9.17) is 0 Å². The van der Waals surface area contributed by atoms with Gasteiger partial charge >= 0.3 is 0 Å². The third kappa shape index (κ3) is 5.87. The summed E-state index contributed by atoms with van der Waals surface area (Å²) in [4.78, 5) is 2.66. The molecule has 1 rings (SSSR count). The van der Waals surface area contributed by atoms with Crippen molar-refractivity contribution in [3.8, 4) is 0 Å². The highest BCUT2D eigenvalue weighted by Gasteiger charge is 2.15. The molecule has 1 atom stereocenters. The molecule has 17 heavy (non-hydrogen) atoms. The first-order chi connectivity index (χ1) is 8.30. The number of rotatable bonds is 7. The van der Waals surface area contributed by atoms with Crippen molar-refractivity contribution < 1.29 is 0 Å². The van der Waals surface area contributed by atoms with E-state index in [2.05, 4.69) is 31.0 Å². The van der Waals surface area contributed by atoms with Gasteiger partial charge in [0, 0.05) is 19.1 Å². The lowest BCUT2D eigenvalue weighted by Gasteiger charge is -2.22. The van der Waals surface area contributed by atoms with Gasteiger partial charge in [0.25, 0.3) is 0 Å². The fourth-order valence-corrected chi connectivity index (χ4v) is 2.86. The third-order valence-corrected chi connectivity index (χ3v) is 4.36. The Morgan fingerprint density at radius 3 is 2.53 bits per heavy atom. The number of nitrogens with one attached hydrogen (secondary N) is 1. The van der Waals surface area contributed by atoms with Crippen LogP contribution in [0.15, 0.2) is 0 Å². The molecule has 102 valence electrons. The Hall–Kier alpha value is -0.0800. The van der Waals surface area contributed by atoms with E-state index in [1.165, 1.54) is 64.7 Å². The van der Waals surface area contributed by atoms with E-state index >= 15 is 0 Å². The second-order valence-corrected chi connectivity index (χ2v) is 5.51. The highest BCUT2D eigenvalue weighted by Crippen LogP contribution is 2.19. The maximum atomic E-state index is 3.67. The van der Waals surface area contributed by atoms with Crippen LogP contribution >= 0.6 is 0 Å². The highest BCUT2D eigenvalue weighted by atomic mass is 15.1. The summed E-state index contributed by atoms with van der Waals surface area (Å²) in [5, 5.41) is 3.67. The molecule has 1 aliphatic heterocycles. The minimum atomic E-state index is 0.727. The molecular formula is C15H32N2. The summed E-state index contributed by atoms with van der Waals surface area (Å²) < 4.78 is 0. The molecule has 0 spiro atoms. The summed E-state index contributed by atoms with van der Waals surface area (Å²) in [6.45, 7) is 12.0. The van der Waals surface area contributed by atoms with Gasteiger partial charge in [-0.1, -0.05) is 27.2 Å². The van der Waals surface area contributed by atoms with E-state index in [-0.39, 0.29) is 0 Å². The van der Waals surface area contributed by atoms with Crippen molar-refractivity contribution >= 4 is 0 Å². The number of hydrogen-bond donors (Lipinski definition) is 1. The molecular weight excluding hydrogens is 208 g/mol. The zero-order valence-electron chi connectivity index (χ0n) is 12.2. The summed E-state index contributed by atoms with van der Waals surface area (Å²) in [5.41, 5.74) is 0. The lowest BCUT2D eigenvalue weighted by molar-refractivity contribution is 0.273. The molecule has 2 heteroatoms. The first-order valence-corrected chi connectivity index (χ1v) is 7.75. The first-order valence-electron chi connectivity index (χ1n) is 7.75. The molecule has 0 aromatic carbocycles. The molecule has 0 bridgehead atoms. The van der Waals surface area contributed by atoms with Crippen molar-refractivity contribution in [1.29, 1.82) is 0 Å². The Bertz CT molecular complexity index is 178. The highest BCUT2D eigenvalue weighted by molar-refractivity contribution is 4.71. The summed E-state index contributed by atoms with van der Waals surface area (Å²) in [5.74, 6) is 0.993. The molecule has 1 aliphatic rings. The van der Waals surface area contributed by atoms with E-state index in [1.54, 1.807) is 0 Å². The van der Waals surface area contributed by atoms with Gasteiger partial charge in [0.15, 0.2) is 0 Å². The van der Waals surface area contributed by atoms with Gasteiger partial charge in [0.2, 0.25) is 0 Å². The maximum absolute atomic E-state index is 3.67. The minimum absolute atomic E-state index is 0.727. The van der Waals surface area contributed by atoms with Crippen molar-refractivity contribution in [3.63, 3.8) is 0 Å². The molecule has 0 radical (unpaired) electrons. The van der Waals surface area contributed by atoms with Crippen molar-refractivity contribution in [2.24, 2.45) is 5.92 Å². The summed E-state index contributed by atoms with van der Waals surface area (Å²) in [6.07, 6.45) is 8.17. The van der Waals surface area contributed by atoms with Crippen molar-refractivity contribution in [3.05, 3.63) is 0 Å². The van der Waals surface area contributed by atoms with E-state index in [0.29, 0.717) is 0 Å². The molecule has 0 aromatic heterocycles. The molecule has 0 aliphatic carbocycles. The van der Waals surface area contributed by atoms with Gasteiger partial charge in [-0.05, 0) is 51.1 Å². The fourth-order valence-electron chi connectivity index (χ4n) is 2.86. The SMILES string of the molecule is CCC1CCCN(CCNC(CC)CC)CC1. The van der Waals surface area contributed by atoms with Gasteiger partial charge < -0.3 is 10.2 Å². The standard InChI is InChI=1S/C15H32N2/c1-4-14-8-7-11-17(12-9-14)13-10-16-15(5-2)6-3/h14-16H,4-13H2,1-3H3. The molecule has 2 nitrogen and oxygen atoms in total. The van der Waals surface area contributed by atoms with Crippen molar-refractivity contribution in [2.45, 2.75) is 65.3 Å². The van der Waals surface area contributed by atoms with Crippen LogP contribution in [-0.4, -0.2) is 37.1 Å². The molecule has 0 amide bonds. The van der Waals surface area contributed by atoms with Gasteiger partial charge in [-0.3, -0.25) is 0 Å². The van der Waals surface area contributed by atoms with Crippen LogP contribution in [0.1, 0.15) is 59.3 Å². The van der Waals surface area contributed by atoms with Gasteiger partial charge in [0.05, 0.1) is 0 Å². The van der Waals surface area contributed by atoms with E-state index < -0.39 is 0 Å². The van der Waals surface area contributed by atoms with E-state index in [1.807, 2.05) is 0 Å². The van der Waals surface area contributed by atoms with E-state index in [0.717, 1.165) is 12.0 Å². The predicted molar refractivity (Wildman–Crippen MR) is 76.4 cm³/mol. The lowest BCUT2D eigenvalue weighted by Crippen LogP contribution is -2.37. The number of hydrogen-bond acceptors (Lipinski definition) is 2.